The van der Waals surface area contributed by atoms with Crippen molar-refractivity contribution < 1.29 is 14.0 Å². The lowest BCUT2D eigenvalue weighted by molar-refractivity contribution is -0.132. The fourth-order valence-corrected chi connectivity index (χ4v) is 2.56. The van der Waals surface area contributed by atoms with Gasteiger partial charge in [0.2, 0.25) is 5.91 Å². The Morgan fingerprint density at radius 3 is 2.62 bits per heavy atom. The van der Waals surface area contributed by atoms with E-state index in [1.54, 1.807) is 23.1 Å². The Kier molecular flexibility index (Phi) is 3.60. The number of oxazole rings is 1. The summed E-state index contributed by atoms with van der Waals surface area (Å²) in [4.78, 5) is 31.8. The van der Waals surface area contributed by atoms with Gasteiger partial charge < -0.3 is 14.2 Å². The predicted octanol–water partition coefficient (Wildman–Crippen LogP) is 1.52. The normalized spacial score (nSPS) is 15.5. The van der Waals surface area contributed by atoms with Crippen molar-refractivity contribution in [2.45, 2.75) is 13.3 Å². The number of hydrogen-bond acceptors (Lipinski definition) is 4. The number of carbonyl (C=O) groups is 2. The molecule has 6 heteroatoms. The van der Waals surface area contributed by atoms with Gasteiger partial charge in [0.15, 0.2) is 12.0 Å². The highest BCUT2D eigenvalue weighted by Gasteiger charge is 2.24. The molecule has 1 aromatic carbocycles. The molecule has 0 aliphatic carbocycles. The highest BCUT2D eigenvalue weighted by Crippen LogP contribution is 2.16. The standard InChI is InChI=1S/C15H17N3O3/c1-2-14(19)17-5-7-18(8-6-17)15(20)11-3-4-13-12(9-11)16-10-21-13/h3-4,9-10H,2,5-8H2,1H3. The minimum Gasteiger partial charge on any atom is -0.443 e. The third-order valence-corrected chi connectivity index (χ3v) is 3.80. The lowest BCUT2D eigenvalue weighted by atomic mass is 10.1. The van der Waals surface area contributed by atoms with Gasteiger partial charge in [-0.3, -0.25) is 9.59 Å². The van der Waals surface area contributed by atoms with Gasteiger partial charge in [0.05, 0.1) is 0 Å². The fourth-order valence-electron chi connectivity index (χ4n) is 2.56. The van der Waals surface area contributed by atoms with E-state index in [0.717, 1.165) is 0 Å². The molecule has 1 aliphatic rings. The van der Waals surface area contributed by atoms with Gasteiger partial charge in [-0.15, -0.1) is 0 Å². The molecule has 0 saturated carbocycles. The van der Waals surface area contributed by atoms with E-state index in [-0.39, 0.29) is 11.8 Å². The number of piperazine rings is 1. The zero-order valence-corrected chi connectivity index (χ0v) is 11.9. The van der Waals surface area contributed by atoms with Gasteiger partial charge >= 0.3 is 0 Å². The summed E-state index contributed by atoms with van der Waals surface area (Å²) in [7, 11) is 0. The van der Waals surface area contributed by atoms with Crippen molar-refractivity contribution >= 4 is 22.9 Å². The molecule has 3 rings (SSSR count). The molecule has 2 amide bonds. The third-order valence-electron chi connectivity index (χ3n) is 3.80. The van der Waals surface area contributed by atoms with Crippen LogP contribution in [0, 0.1) is 0 Å². The van der Waals surface area contributed by atoms with Crippen LogP contribution in [0.5, 0.6) is 0 Å². The van der Waals surface area contributed by atoms with Gasteiger partial charge in [-0.25, -0.2) is 4.98 Å². The Bertz CT molecular complexity index is 672. The largest absolute Gasteiger partial charge is 0.443 e. The number of carbonyl (C=O) groups excluding carboxylic acids is 2. The summed E-state index contributed by atoms with van der Waals surface area (Å²) in [6.07, 6.45) is 1.88. The molecule has 110 valence electrons. The molecule has 1 fully saturated rings. The number of benzene rings is 1. The topological polar surface area (TPSA) is 66.7 Å². The van der Waals surface area contributed by atoms with E-state index in [1.165, 1.54) is 6.39 Å². The van der Waals surface area contributed by atoms with Crippen molar-refractivity contribution in [1.82, 2.24) is 14.8 Å². The average molecular weight is 287 g/mol. The van der Waals surface area contributed by atoms with Crippen LogP contribution in [-0.4, -0.2) is 52.8 Å². The molecule has 0 spiro atoms. The van der Waals surface area contributed by atoms with Crippen LogP contribution in [0.1, 0.15) is 23.7 Å². The van der Waals surface area contributed by atoms with Crippen LogP contribution in [0.15, 0.2) is 29.0 Å². The van der Waals surface area contributed by atoms with Crippen molar-refractivity contribution in [2.75, 3.05) is 26.2 Å². The average Bonchev–Trinajstić information content (AvgIpc) is 3.01. The maximum Gasteiger partial charge on any atom is 0.254 e. The number of nitrogens with zero attached hydrogens (tertiary/aromatic N) is 3. The molecule has 0 atom stereocenters. The first-order chi connectivity index (χ1) is 10.2. The van der Waals surface area contributed by atoms with E-state index in [1.807, 2.05) is 11.8 Å². The maximum absolute atomic E-state index is 12.5. The monoisotopic (exact) mass is 287 g/mol. The van der Waals surface area contributed by atoms with Crippen molar-refractivity contribution in [3.63, 3.8) is 0 Å². The van der Waals surface area contributed by atoms with Crippen molar-refractivity contribution in [2.24, 2.45) is 0 Å². The lowest BCUT2D eigenvalue weighted by Crippen LogP contribution is -2.50. The van der Waals surface area contributed by atoms with E-state index >= 15 is 0 Å². The van der Waals surface area contributed by atoms with E-state index in [0.29, 0.717) is 49.3 Å². The zero-order valence-electron chi connectivity index (χ0n) is 11.9. The summed E-state index contributed by atoms with van der Waals surface area (Å²) in [6.45, 7) is 4.20. The molecule has 0 N–H and O–H groups in total. The minimum atomic E-state index is -0.0245. The first-order valence-electron chi connectivity index (χ1n) is 7.09. The lowest BCUT2D eigenvalue weighted by Gasteiger charge is -2.34. The number of fused-ring (bicyclic) bond motifs is 1. The molecule has 0 bridgehead atoms. The molecule has 6 nitrogen and oxygen atoms in total. The molecule has 0 radical (unpaired) electrons. The molecular weight excluding hydrogens is 270 g/mol. The van der Waals surface area contributed by atoms with Gasteiger partial charge in [0.1, 0.15) is 5.52 Å². The molecule has 0 unspecified atom stereocenters. The first-order valence-corrected chi connectivity index (χ1v) is 7.09. The van der Waals surface area contributed by atoms with E-state index < -0.39 is 0 Å². The number of amides is 2. The maximum atomic E-state index is 12.5. The highest BCUT2D eigenvalue weighted by molar-refractivity contribution is 5.97. The zero-order chi connectivity index (χ0) is 14.8. The summed E-state index contributed by atoms with van der Waals surface area (Å²) in [6, 6.07) is 5.25. The molecule has 1 aliphatic heterocycles. The Labute approximate surface area is 122 Å². The molecule has 2 aromatic rings. The Morgan fingerprint density at radius 1 is 1.19 bits per heavy atom. The quantitative estimate of drug-likeness (QED) is 0.840. The smallest absolute Gasteiger partial charge is 0.254 e. The van der Waals surface area contributed by atoms with Crippen LogP contribution in [0.25, 0.3) is 11.1 Å². The minimum absolute atomic E-state index is 0.0245. The SMILES string of the molecule is CCC(=O)N1CCN(C(=O)c2ccc3ocnc3c2)CC1. The number of aromatic nitrogens is 1. The second kappa shape index (κ2) is 5.55. The van der Waals surface area contributed by atoms with E-state index in [2.05, 4.69) is 4.98 Å². The second-order valence-electron chi connectivity index (χ2n) is 5.06. The predicted molar refractivity (Wildman–Crippen MR) is 76.8 cm³/mol. The van der Waals surface area contributed by atoms with Gasteiger partial charge in [0, 0.05) is 38.2 Å². The first kappa shape index (κ1) is 13.6. The highest BCUT2D eigenvalue weighted by atomic mass is 16.3. The Hall–Kier alpha value is -2.37. The van der Waals surface area contributed by atoms with Gasteiger partial charge in [0.25, 0.3) is 5.91 Å². The van der Waals surface area contributed by atoms with Gasteiger partial charge in [-0.1, -0.05) is 6.92 Å². The summed E-state index contributed by atoms with van der Waals surface area (Å²) >= 11 is 0. The Balaban J connectivity index is 1.70. The van der Waals surface area contributed by atoms with Gasteiger partial charge in [-0.05, 0) is 18.2 Å². The van der Waals surface area contributed by atoms with Crippen LogP contribution in [-0.2, 0) is 4.79 Å². The summed E-state index contributed by atoms with van der Waals surface area (Å²) in [5.41, 5.74) is 1.96. The molecular formula is C15H17N3O3. The second-order valence-corrected chi connectivity index (χ2v) is 5.06. The van der Waals surface area contributed by atoms with Crippen LogP contribution in [0.3, 0.4) is 0 Å². The number of rotatable bonds is 2. The van der Waals surface area contributed by atoms with Crippen LogP contribution < -0.4 is 0 Å². The summed E-state index contributed by atoms with van der Waals surface area (Å²) in [5.74, 6) is 0.120. The van der Waals surface area contributed by atoms with Crippen LogP contribution >= 0.6 is 0 Å². The molecule has 21 heavy (non-hydrogen) atoms. The molecule has 2 heterocycles. The summed E-state index contributed by atoms with van der Waals surface area (Å²) in [5, 5.41) is 0. The van der Waals surface area contributed by atoms with Crippen molar-refractivity contribution in [3.8, 4) is 0 Å². The number of hydrogen-bond donors (Lipinski definition) is 0. The van der Waals surface area contributed by atoms with Crippen molar-refractivity contribution in [1.29, 1.82) is 0 Å². The van der Waals surface area contributed by atoms with Crippen LogP contribution in [0.2, 0.25) is 0 Å². The molecule has 1 aromatic heterocycles. The van der Waals surface area contributed by atoms with E-state index in [4.69, 9.17) is 4.42 Å². The Morgan fingerprint density at radius 2 is 1.90 bits per heavy atom. The fraction of sp³-hybridized carbons (Fsp3) is 0.400. The van der Waals surface area contributed by atoms with Crippen LogP contribution in [0.4, 0.5) is 0 Å². The van der Waals surface area contributed by atoms with E-state index in [9.17, 15) is 9.59 Å². The summed E-state index contributed by atoms with van der Waals surface area (Å²) < 4.78 is 5.17. The van der Waals surface area contributed by atoms with Gasteiger partial charge in [-0.2, -0.15) is 0 Å². The van der Waals surface area contributed by atoms with Crippen molar-refractivity contribution in [3.05, 3.63) is 30.2 Å². The third kappa shape index (κ3) is 2.61. The molecule has 1 saturated heterocycles.